The maximum Gasteiger partial charge on any atom is 0.305 e. The molecule has 1 N–H and O–H groups in total. The SMILES string of the molecule is CC(=O)NC1[C@H](OC(C)=O)OC(COC(C)=O)[C@H](C)[C@H]1OC(C)=O. The molecule has 1 saturated heterocycles. The van der Waals surface area contributed by atoms with Crippen LogP contribution in [-0.2, 0) is 38.1 Å². The first-order valence-electron chi connectivity index (χ1n) is 7.52. The van der Waals surface area contributed by atoms with Gasteiger partial charge in [0.1, 0.15) is 24.9 Å². The first-order valence-corrected chi connectivity index (χ1v) is 7.52. The zero-order valence-corrected chi connectivity index (χ0v) is 14.4. The molecule has 9 nitrogen and oxygen atoms in total. The van der Waals surface area contributed by atoms with Gasteiger partial charge in [-0.25, -0.2) is 0 Å². The highest BCUT2D eigenvalue weighted by atomic mass is 16.7. The van der Waals surface area contributed by atoms with E-state index in [9.17, 15) is 19.2 Å². The van der Waals surface area contributed by atoms with Crippen molar-refractivity contribution in [2.45, 2.75) is 59.2 Å². The molecule has 0 saturated carbocycles. The Hall–Kier alpha value is -2.16. The molecule has 0 aromatic heterocycles. The van der Waals surface area contributed by atoms with Crippen molar-refractivity contribution in [2.75, 3.05) is 6.61 Å². The molecule has 24 heavy (non-hydrogen) atoms. The molecule has 0 aromatic carbocycles. The minimum Gasteiger partial charge on any atom is -0.463 e. The van der Waals surface area contributed by atoms with E-state index >= 15 is 0 Å². The number of carbonyl (C=O) groups is 4. The number of hydrogen-bond donors (Lipinski definition) is 1. The number of rotatable bonds is 5. The smallest absolute Gasteiger partial charge is 0.305 e. The topological polar surface area (TPSA) is 117 Å². The largest absolute Gasteiger partial charge is 0.463 e. The highest BCUT2D eigenvalue weighted by Gasteiger charge is 2.48. The van der Waals surface area contributed by atoms with Crippen LogP contribution in [0.5, 0.6) is 0 Å². The number of amides is 1. The van der Waals surface area contributed by atoms with Gasteiger partial charge in [0, 0.05) is 33.6 Å². The van der Waals surface area contributed by atoms with Crippen molar-refractivity contribution in [2.24, 2.45) is 5.92 Å². The summed E-state index contributed by atoms with van der Waals surface area (Å²) < 4.78 is 21.0. The van der Waals surface area contributed by atoms with Crippen molar-refractivity contribution in [3.8, 4) is 0 Å². The molecule has 0 spiro atoms. The molecule has 9 heteroatoms. The third-order valence-electron chi connectivity index (χ3n) is 3.47. The van der Waals surface area contributed by atoms with Gasteiger partial charge in [-0.05, 0) is 0 Å². The predicted molar refractivity (Wildman–Crippen MR) is 79.4 cm³/mol. The molecule has 2 unspecified atom stereocenters. The maximum atomic E-state index is 11.5. The molecular formula is C15H23NO8. The van der Waals surface area contributed by atoms with Crippen LogP contribution >= 0.6 is 0 Å². The Morgan fingerprint density at radius 2 is 1.54 bits per heavy atom. The molecule has 0 aromatic rings. The summed E-state index contributed by atoms with van der Waals surface area (Å²) in [5, 5.41) is 2.58. The van der Waals surface area contributed by atoms with Crippen molar-refractivity contribution >= 4 is 23.8 Å². The van der Waals surface area contributed by atoms with Gasteiger partial charge in [0.05, 0.1) is 0 Å². The standard InChI is InChI=1S/C15H23NO8/c1-7-12(6-21-9(3)18)24-15(23-11(5)20)13(16-8(2)17)14(7)22-10(4)19/h7,12-15H,6H2,1-5H3,(H,16,17)/t7-,12?,13?,14+,15+/m0/s1. The number of hydrogen-bond acceptors (Lipinski definition) is 8. The number of ether oxygens (including phenoxy) is 4. The number of carbonyl (C=O) groups excluding carboxylic acids is 4. The molecule has 1 aliphatic rings. The normalized spacial score (nSPS) is 29.3. The van der Waals surface area contributed by atoms with E-state index in [1.54, 1.807) is 6.92 Å². The zero-order chi connectivity index (χ0) is 18.4. The Bertz CT molecular complexity index is 506. The van der Waals surface area contributed by atoms with Gasteiger partial charge in [0.25, 0.3) is 0 Å². The second kappa shape index (κ2) is 8.62. The predicted octanol–water partition coefficient (Wildman–Crippen LogP) is -0.0900. The summed E-state index contributed by atoms with van der Waals surface area (Å²) in [4.78, 5) is 45.2. The lowest BCUT2D eigenvalue weighted by Crippen LogP contribution is -2.63. The molecule has 5 atom stereocenters. The van der Waals surface area contributed by atoms with E-state index in [0.29, 0.717) is 0 Å². The molecule has 0 bridgehead atoms. The summed E-state index contributed by atoms with van der Waals surface area (Å²) in [5.74, 6) is -2.50. The van der Waals surface area contributed by atoms with Crippen LogP contribution in [0.15, 0.2) is 0 Å². The van der Waals surface area contributed by atoms with E-state index in [2.05, 4.69) is 5.32 Å². The molecule has 1 heterocycles. The van der Waals surface area contributed by atoms with Crippen LogP contribution in [0.25, 0.3) is 0 Å². The highest BCUT2D eigenvalue weighted by molar-refractivity contribution is 5.73. The average Bonchev–Trinajstić information content (AvgIpc) is 2.42. The van der Waals surface area contributed by atoms with E-state index in [-0.39, 0.29) is 6.61 Å². The monoisotopic (exact) mass is 345 g/mol. The lowest BCUT2D eigenvalue weighted by molar-refractivity contribution is -0.253. The van der Waals surface area contributed by atoms with Gasteiger partial charge in [-0.15, -0.1) is 0 Å². The fourth-order valence-electron chi connectivity index (χ4n) is 2.49. The van der Waals surface area contributed by atoms with E-state index in [1.165, 1.54) is 27.7 Å². The average molecular weight is 345 g/mol. The number of esters is 3. The fourth-order valence-corrected chi connectivity index (χ4v) is 2.49. The second-order valence-corrected chi connectivity index (χ2v) is 5.61. The number of nitrogens with one attached hydrogen (secondary N) is 1. The van der Waals surface area contributed by atoms with Crippen LogP contribution in [0.2, 0.25) is 0 Å². The lowest BCUT2D eigenvalue weighted by Gasteiger charge is -2.44. The minimum atomic E-state index is -1.17. The summed E-state index contributed by atoms with van der Waals surface area (Å²) in [6.07, 6.45) is -2.66. The van der Waals surface area contributed by atoms with Crippen LogP contribution in [-0.4, -0.2) is 55.0 Å². The van der Waals surface area contributed by atoms with Gasteiger partial charge in [-0.1, -0.05) is 6.92 Å². The summed E-state index contributed by atoms with van der Waals surface area (Å²) in [6, 6.07) is -0.876. The minimum absolute atomic E-state index is 0.0984. The summed E-state index contributed by atoms with van der Waals surface area (Å²) in [5.41, 5.74) is 0. The molecule has 1 aliphatic heterocycles. The molecule has 1 fully saturated rings. The van der Waals surface area contributed by atoms with Gasteiger partial charge in [-0.2, -0.15) is 0 Å². The third-order valence-corrected chi connectivity index (χ3v) is 3.47. The second-order valence-electron chi connectivity index (χ2n) is 5.61. The van der Waals surface area contributed by atoms with E-state index < -0.39 is 54.3 Å². The van der Waals surface area contributed by atoms with E-state index in [4.69, 9.17) is 18.9 Å². The van der Waals surface area contributed by atoms with Crippen LogP contribution in [0, 0.1) is 5.92 Å². The Kier molecular flexibility index (Phi) is 7.15. The van der Waals surface area contributed by atoms with Crippen LogP contribution in [0.3, 0.4) is 0 Å². The van der Waals surface area contributed by atoms with Gasteiger partial charge >= 0.3 is 17.9 Å². The van der Waals surface area contributed by atoms with Crippen molar-refractivity contribution in [1.82, 2.24) is 5.32 Å². The van der Waals surface area contributed by atoms with Crippen molar-refractivity contribution in [3.63, 3.8) is 0 Å². The summed E-state index contributed by atoms with van der Waals surface area (Å²) in [6.45, 7) is 6.58. The molecule has 1 amide bonds. The Labute approximate surface area is 139 Å². The third kappa shape index (κ3) is 5.80. The highest BCUT2D eigenvalue weighted by Crippen LogP contribution is 2.29. The maximum absolute atomic E-state index is 11.5. The summed E-state index contributed by atoms with van der Waals surface area (Å²) in [7, 11) is 0. The molecule has 136 valence electrons. The lowest BCUT2D eigenvalue weighted by atomic mass is 9.89. The Balaban J connectivity index is 3.07. The molecule has 0 radical (unpaired) electrons. The first kappa shape index (κ1) is 19.9. The van der Waals surface area contributed by atoms with E-state index in [0.717, 1.165) is 0 Å². The van der Waals surface area contributed by atoms with Gasteiger partial charge in [0.15, 0.2) is 0 Å². The van der Waals surface area contributed by atoms with Gasteiger partial charge in [0.2, 0.25) is 12.2 Å². The van der Waals surface area contributed by atoms with Crippen molar-refractivity contribution in [3.05, 3.63) is 0 Å². The molecule has 1 rings (SSSR count). The van der Waals surface area contributed by atoms with Crippen molar-refractivity contribution < 1.29 is 38.1 Å². The van der Waals surface area contributed by atoms with E-state index in [1.807, 2.05) is 0 Å². The Morgan fingerprint density at radius 1 is 0.958 bits per heavy atom. The fraction of sp³-hybridized carbons (Fsp3) is 0.733. The first-order chi connectivity index (χ1) is 11.1. The van der Waals surface area contributed by atoms with Crippen LogP contribution < -0.4 is 5.32 Å². The van der Waals surface area contributed by atoms with Gasteiger partial charge < -0.3 is 24.3 Å². The van der Waals surface area contributed by atoms with Crippen molar-refractivity contribution in [1.29, 1.82) is 0 Å². The van der Waals surface area contributed by atoms with Gasteiger partial charge in [-0.3, -0.25) is 19.2 Å². The summed E-state index contributed by atoms with van der Waals surface area (Å²) >= 11 is 0. The van der Waals surface area contributed by atoms with Crippen LogP contribution in [0.1, 0.15) is 34.6 Å². The van der Waals surface area contributed by atoms with Crippen LogP contribution in [0.4, 0.5) is 0 Å². The molecular weight excluding hydrogens is 322 g/mol. The zero-order valence-electron chi connectivity index (χ0n) is 14.4. The Morgan fingerprint density at radius 3 is 2.00 bits per heavy atom. The molecule has 0 aliphatic carbocycles. The quantitative estimate of drug-likeness (QED) is 0.543.